The zero-order valence-corrected chi connectivity index (χ0v) is 18.0. The van der Waals surface area contributed by atoms with Gasteiger partial charge in [0.1, 0.15) is 6.54 Å². The molecule has 0 saturated carbocycles. The standard InChI is InChI=1S/C21H17ClN4O5S/c22-17-8-12-20(13-9-17)32(30,31)25(18-4-2-1-3-5-18)15-21(27)24-23-14-16-6-10-19(11-7-16)26(28)29/h1-14H,15H2,(H,24,27). The Labute approximate surface area is 189 Å². The lowest BCUT2D eigenvalue weighted by Gasteiger charge is -2.23. The van der Waals surface area contributed by atoms with E-state index in [1.165, 1.54) is 54.7 Å². The molecule has 0 fully saturated rings. The summed E-state index contributed by atoms with van der Waals surface area (Å²) in [4.78, 5) is 22.6. The van der Waals surface area contributed by atoms with E-state index in [2.05, 4.69) is 10.5 Å². The minimum Gasteiger partial charge on any atom is -0.271 e. The van der Waals surface area contributed by atoms with E-state index >= 15 is 0 Å². The number of hydrazone groups is 1. The van der Waals surface area contributed by atoms with Gasteiger partial charge in [-0.1, -0.05) is 29.8 Å². The number of carbonyl (C=O) groups is 1. The molecule has 0 radical (unpaired) electrons. The zero-order chi connectivity index (χ0) is 23.1. The van der Waals surface area contributed by atoms with Gasteiger partial charge in [-0.3, -0.25) is 19.2 Å². The summed E-state index contributed by atoms with van der Waals surface area (Å²) in [5, 5.41) is 14.9. The maximum absolute atomic E-state index is 13.2. The summed E-state index contributed by atoms with van der Waals surface area (Å²) in [6, 6.07) is 19.3. The summed E-state index contributed by atoms with van der Waals surface area (Å²) in [7, 11) is -4.06. The van der Waals surface area contributed by atoms with Crippen molar-refractivity contribution in [2.75, 3.05) is 10.8 Å². The predicted octanol–water partition coefficient (Wildman–Crippen LogP) is 3.59. The van der Waals surface area contributed by atoms with Crippen molar-refractivity contribution < 1.29 is 18.1 Å². The fourth-order valence-electron chi connectivity index (χ4n) is 2.67. The number of rotatable bonds is 8. The molecule has 0 saturated heterocycles. The smallest absolute Gasteiger partial charge is 0.269 e. The molecule has 1 N–H and O–H groups in total. The van der Waals surface area contributed by atoms with Crippen molar-refractivity contribution in [1.82, 2.24) is 5.43 Å². The van der Waals surface area contributed by atoms with Crippen molar-refractivity contribution in [1.29, 1.82) is 0 Å². The number of hydrogen-bond donors (Lipinski definition) is 1. The highest BCUT2D eigenvalue weighted by molar-refractivity contribution is 7.92. The SMILES string of the molecule is O=C(CN(c1ccccc1)S(=O)(=O)c1ccc(Cl)cc1)NN=Cc1ccc([N+](=O)[O-])cc1. The Morgan fingerprint density at radius 2 is 1.66 bits per heavy atom. The number of nitrogens with zero attached hydrogens (tertiary/aromatic N) is 3. The van der Waals surface area contributed by atoms with Crippen molar-refractivity contribution in [2.24, 2.45) is 5.10 Å². The van der Waals surface area contributed by atoms with Crippen LogP contribution in [0.1, 0.15) is 5.56 Å². The fraction of sp³-hybridized carbons (Fsp3) is 0.0476. The quantitative estimate of drug-likeness (QED) is 0.305. The van der Waals surface area contributed by atoms with Crippen LogP contribution in [0.5, 0.6) is 0 Å². The number of non-ortho nitro benzene ring substituents is 1. The highest BCUT2D eigenvalue weighted by Gasteiger charge is 2.27. The Hall–Kier alpha value is -3.76. The van der Waals surface area contributed by atoms with Crippen LogP contribution < -0.4 is 9.73 Å². The number of benzene rings is 3. The van der Waals surface area contributed by atoms with Crippen molar-refractivity contribution in [3.05, 3.63) is 99.6 Å². The third kappa shape index (κ3) is 5.68. The van der Waals surface area contributed by atoms with E-state index in [0.29, 0.717) is 16.3 Å². The summed E-state index contributed by atoms with van der Waals surface area (Å²) in [5.74, 6) is -0.676. The van der Waals surface area contributed by atoms with E-state index in [1.54, 1.807) is 30.3 Å². The Morgan fingerprint density at radius 3 is 2.25 bits per heavy atom. The second-order valence-corrected chi connectivity index (χ2v) is 8.74. The van der Waals surface area contributed by atoms with Gasteiger partial charge in [0, 0.05) is 17.2 Å². The molecular formula is C21H17ClN4O5S. The predicted molar refractivity (Wildman–Crippen MR) is 121 cm³/mol. The molecule has 1 amide bonds. The molecule has 0 unspecified atom stereocenters. The van der Waals surface area contributed by atoms with Crippen LogP contribution in [0, 0.1) is 10.1 Å². The molecule has 0 aliphatic heterocycles. The van der Waals surface area contributed by atoms with Gasteiger partial charge in [-0.15, -0.1) is 0 Å². The molecule has 11 heteroatoms. The topological polar surface area (TPSA) is 122 Å². The average molecular weight is 473 g/mol. The van der Waals surface area contributed by atoms with Gasteiger partial charge >= 0.3 is 0 Å². The van der Waals surface area contributed by atoms with Gasteiger partial charge in [-0.05, 0) is 54.1 Å². The Kier molecular flexibility index (Phi) is 7.18. The minimum absolute atomic E-state index is 0.0204. The highest BCUT2D eigenvalue weighted by Crippen LogP contribution is 2.24. The molecule has 0 atom stereocenters. The van der Waals surface area contributed by atoms with Crippen molar-refractivity contribution in [3.8, 4) is 0 Å². The molecule has 0 aliphatic rings. The second-order valence-electron chi connectivity index (χ2n) is 6.44. The van der Waals surface area contributed by atoms with Gasteiger partial charge in [-0.25, -0.2) is 13.8 Å². The highest BCUT2D eigenvalue weighted by atomic mass is 35.5. The fourth-order valence-corrected chi connectivity index (χ4v) is 4.22. The number of amides is 1. The van der Waals surface area contributed by atoms with E-state index in [1.807, 2.05) is 0 Å². The van der Waals surface area contributed by atoms with Gasteiger partial charge in [0.25, 0.3) is 21.6 Å². The van der Waals surface area contributed by atoms with Crippen LogP contribution in [0.15, 0.2) is 88.9 Å². The minimum atomic E-state index is -4.06. The molecule has 0 bridgehead atoms. The summed E-state index contributed by atoms with van der Waals surface area (Å²) < 4.78 is 27.3. The van der Waals surface area contributed by atoms with Crippen molar-refractivity contribution in [3.63, 3.8) is 0 Å². The normalized spacial score (nSPS) is 11.3. The number of nitro benzene ring substituents is 1. The number of nitrogens with one attached hydrogen (secondary N) is 1. The maximum atomic E-state index is 13.2. The van der Waals surface area contributed by atoms with Crippen LogP contribution in [0.2, 0.25) is 5.02 Å². The number of sulfonamides is 1. The van der Waals surface area contributed by atoms with Crippen LogP contribution >= 0.6 is 11.6 Å². The molecule has 9 nitrogen and oxygen atoms in total. The van der Waals surface area contributed by atoms with E-state index in [0.717, 1.165) is 4.31 Å². The third-order valence-corrected chi connectivity index (χ3v) is 6.28. The Balaban J connectivity index is 1.77. The number of para-hydroxylation sites is 1. The first-order chi connectivity index (χ1) is 15.3. The van der Waals surface area contributed by atoms with Gasteiger partial charge in [0.05, 0.1) is 21.7 Å². The lowest BCUT2D eigenvalue weighted by molar-refractivity contribution is -0.384. The summed E-state index contributed by atoms with van der Waals surface area (Å²) >= 11 is 5.85. The first-order valence-corrected chi connectivity index (χ1v) is 11.0. The van der Waals surface area contributed by atoms with E-state index in [4.69, 9.17) is 11.6 Å². The number of hydrogen-bond acceptors (Lipinski definition) is 6. The third-order valence-electron chi connectivity index (χ3n) is 4.24. The molecule has 3 rings (SSSR count). The first-order valence-electron chi connectivity index (χ1n) is 9.17. The molecule has 0 aromatic heterocycles. The Bertz CT molecular complexity index is 1230. The van der Waals surface area contributed by atoms with Crippen LogP contribution in [-0.2, 0) is 14.8 Å². The number of nitro groups is 1. The van der Waals surface area contributed by atoms with Crippen LogP contribution in [0.25, 0.3) is 0 Å². The van der Waals surface area contributed by atoms with Crippen LogP contribution in [-0.4, -0.2) is 32.0 Å². The zero-order valence-electron chi connectivity index (χ0n) is 16.5. The second kappa shape index (κ2) is 10.0. The van der Waals surface area contributed by atoms with E-state index in [-0.39, 0.29) is 10.6 Å². The van der Waals surface area contributed by atoms with E-state index < -0.39 is 27.4 Å². The van der Waals surface area contributed by atoms with Gasteiger partial charge in [-0.2, -0.15) is 5.10 Å². The average Bonchev–Trinajstić information content (AvgIpc) is 2.78. The molecule has 0 heterocycles. The monoisotopic (exact) mass is 472 g/mol. The van der Waals surface area contributed by atoms with Gasteiger partial charge in [0.2, 0.25) is 0 Å². The maximum Gasteiger partial charge on any atom is 0.269 e. The van der Waals surface area contributed by atoms with Gasteiger partial charge < -0.3 is 0 Å². The molecule has 0 spiro atoms. The van der Waals surface area contributed by atoms with Gasteiger partial charge in [0.15, 0.2) is 0 Å². The summed E-state index contributed by atoms with van der Waals surface area (Å²) in [6.45, 7) is -0.521. The Morgan fingerprint density at radius 1 is 1.03 bits per heavy atom. The first kappa shape index (κ1) is 22.9. The molecule has 3 aromatic rings. The molecule has 0 aliphatic carbocycles. The molecule has 32 heavy (non-hydrogen) atoms. The number of halogens is 1. The molecular weight excluding hydrogens is 456 g/mol. The van der Waals surface area contributed by atoms with Crippen molar-refractivity contribution in [2.45, 2.75) is 4.90 Å². The number of carbonyl (C=O) groups excluding carboxylic acids is 1. The van der Waals surface area contributed by atoms with Crippen molar-refractivity contribution >= 4 is 45.1 Å². The van der Waals surface area contributed by atoms with Crippen LogP contribution in [0.3, 0.4) is 0 Å². The summed E-state index contributed by atoms with van der Waals surface area (Å²) in [5.41, 5.74) is 3.02. The number of anilines is 1. The molecule has 3 aromatic carbocycles. The van der Waals surface area contributed by atoms with E-state index in [9.17, 15) is 23.3 Å². The lowest BCUT2D eigenvalue weighted by atomic mass is 10.2. The largest absolute Gasteiger partial charge is 0.271 e. The summed E-state index contributed by atoms with van der Waals surface area (Å²) in [6.07, 6.45) is 1.29. The van der Waals surface area contributed by atoms with Crippen LogP contribution in [0.4, 0.5) is 11.4 Å². The molecule has 164 valence electrons. The lowest BCUT2D eigenvalue weighted by Crippen LogP contribution is -2.39.